The van der Waals surface area contributed by atoms with E-state index >= 15 is 0 Å². The number of nitrogens with zero attached hydrogens (tertiary/aromatic N) is 3. The lowest BCUT2D eigenvalue weighted by atomic mass is 9.97. The van der Waals surface area contributed by atoms with Crippen LogP contribution in [0.5, 0.6) is 0 Å². The number of rotatable bonds is 7. The molecule has 1 aliphatic heterocycles. The number of benzene rings is 1. The second kappa shape index (κ2) is 9.41. The van der Waals surface area contributed by atoms with Crippen molar-refractivity contribution >= 4 is 11.9 Å². The van der Waals surface area contributed by atoms with Crippen LogP contribution in [0.1, 0.15) is 19.3 Å². The molecular formula is C20H25FN4O2. The Bertz CT molecular complexity index is 737. The molecule has 6 nitrogen and oxygen atoms in total. The first-order chi connectivity index (χ1) is 13.2. The minimum Gasteiger partial charge on any atom is -0.385 e. The van der Waals surface area contributed by atoms with Gasteiger partial charge in [0.2, 0.25) is 11.9 Å². The number of nitrogens with one attached hydrogen (secondary N) is 1. The van der Waals surface area contributed by atoms with Crippen LogP contribution in [0.3, 0.4) is 0 Å². The molecule has 0 radical (unpaired) electrons. The van der Waals surface area contributed by atoms with Gasteiger partial charge in [0.25, 0.3) is 0 Å². The monoisotopic (exact) mass is 372 g/mol. The number of aromatic nitrogens is 2. The molecule has 27 heavy (non-hydrogen) atoms. The van der Waals surface area contributed by atoms with E-state index in [1.807, 2.05) is 0 Å². The van der Waals surface area contributed by atoms with Crippen molar-refractivity contribution in [2.45, 2.75) is 19.3 Å². The summed E-state index contributed by atoms with van der Waals surface area (Å²) in [5.41, 5.74) is 1.71. The Morgan fingerprint density at radius 1 is 1.26 bits per heavy atom. The first-order valence-corrected chi connectivity index (χ1v) is 9.27. The Hall–Kier alpha value is -2.54. The first kappa shape index (κ1) is 19.2. The maximum Gasteiger partial charge on any atom is 0.225 e. The largest absolute Gasteiger partial charge is 0.385 e. The lowest BCUT2D eigenvalue weighted by molar-refractivity contribution is -0.125. The molecule has 0 saturated carbocycles. The van der Waals surface area contributed by atoms with Crippen molar-refractivity contribution in [3.05, 3.63) is 42.5 Å². The molecule has 0 spiro atoms. The van der Waals surface area contributed by atoms with Gasteiger partial charge in [-0.2, -0.15) is 0 Å². The average Bonchev–Trinajstić information content (AvgIpc) is 2.72. The van der Waals surface area contributed by atoms with Gasteiger partial charge in [0, 0.05) is 51.3 Å². The summed E-state index contributed by atoms with van der Waals surface area (Å²) in [7, 11) is 1.65. The third-order valence-corrected chi connectivity index (χ3v) is 4.72. The molecule has 1 atom stereocenters. The first-order valence-electron chi connectivity index (χ1n) is 9.27. The molecule has 1 aromatic carbocycles. The van der Waals surface area contributed by atoms with Gasteiger partial charge >= 0.3 is 0 Å². The highest BCUT2D eigenvalue weighted by Crippen LogP contribution is 2.23. The Labute approximate surface area is 158 Å². The number of hydrogen-bond acceptors (Lipinski definition) is 5. The van der Waals surface area contributed by atoms with Crippen LogP contribution in [0.25, 0.3) is 11.1 Å². The van der Waals surface area contributed by atoms with Crippen molar-refractivity contribution < 1.29 is 13.9 Å². The summed E-state index contributed by atoms with van der Waals surface area (Å²) in [6, 6.07) is 6.25. The minimum absolute atomic E-state index is 0.0540. The van der Waals surface area contributed by atoms with Gasteiger partial charge in [-0.1, -0.05) is 12.1 Å². The van der Waals surface area contributed by atoms with Crippen LogP contribution in [0.15, 0.2) is 36.7 Å². The maximum absolute atomic E-state index is 13.1. The fourth-order valence-electron chi connectivity index (χ4n) is 3.22. The van der Waals surface area contributed by atoms with E-state index < -0.39 is 0 Å². The zero-order chi connectivity index (χ0) is 19.1. The zero-order valence-electron chi connectivity index (χ0n) is 15.5. The van der Waals surface area contributed by atoms with Gasteiger partial charge < -0.3 is 15.0 Å². The van der Waals surface area contributed by atoms with E-state index in [-0.39, 0.29) is 17.6 Å². The molecule has 1 aromatic heterocycles. The zero-order valence-corrected chi connectivity index (χ0v) is 15.5. The van der Waals surface area contributed by atoms with Gasteiger partial charge in [0.1, 0.15) is 5.82 Å². The van der Waals surface area contributed by atoms with Crippen LogP contribution >= 0.6 is 0 Å². The van der Waals surface area contributed by atoms with Crippen molar-refractivity contribution in [3.8, 4) is 11.1 Å². The van der Waals surface area contributed by atoms with Crippen molar-refractivity contribution in [1.29, 1.82) is 0 Å². The normalized spacial score (nSPS) is 17.0. The molecule has 1 N–H and O–H groups in total. The Kier molecular flexibility index (Phi) is 6.70. The standard InChI is InChI=1S/C20H25FN4O2/c1-27-11-3-9-22-19(26)16-4-2-10-25(14-16)20-23-12-17(13-24-20)15-5-7-18(21)8-6-15/h5-8,12-13,16H,2-4,9-11,14H2,1H3,(H,22,26). The number of halogens is 1. The summed E-state index contributed by atoms with van der Waals surface area (Å²) in [5, 5.41) is 2.98. The fourth-order valence-corrected chi connectivity index (χ4v) is 3.22. The number of hydrogen-bond donors (Lipinski definition) is 1. The van der Waals surface area contributed by atoms with Crippen LogP contribution < -0.4 is 10.2 Å². The molecule has 0 bridgehead atoms. The molecule has 2 heterocycles. The quantitative estimate of drug-likeness (QED) is 0.757. The van der Waals surface area contributed by atoms with Gasteiger partial charge in [0.05, 0.1) is 5.92 Å². The molecule has 1 unspecified atom stereocenters. The number of piperidine rings is 1. The highest BCUT2D eigenvalue weighted by molar-refractivity contribution is 5.79. The summed E-state index contributed by atoms with van der Waals surface area (Å²) >= 11 is 0. The van der Waals surface area contributed by atoms with Crippen molar-refractivity contribution in [1.82, 2.24) is 15.3 Å². The van der Waals surface area contributed by atoms with E-state index in [0.29, 0.717) is 25.6 Å². The van der Waals surface area contributed by atoms with Crippen molar-refractivity contribution in [2.75, 3.05) is 38.3 Å². The van der Waals surface area contributed by atoms with Gasteiger partial charge in [-0.25, -0.2) is 14.4 Å². The lowest BCUT2D eigenvalue weighted by Gasteiger charge is -2.32. The van der Waals surface area contributed by atoms with Crippen LogP contribution in [0, 0.1) is 11.7 Å². The molecule has 1 saturated heterocycles. The van der Waals surface area contributed by atoms with E-state index in [0.717, 1.165) is 36.9 Å². The number of ether oxygens (including phenoxy) is 1. The second-order valence-electron chi connectivity index (χ2n) is 6.70. The van der Waals surface area contributed by atoms with Gasteiger partial charge in [-0.3, -0.25) is 4.79 Å². The average molecular weight is 372 g/mol. The SMILES string of the molecule is COCCCNC(=O)C1CCCN(c2ncc(-c3ccc(F)cc3)cn2)C1. The summed E-state index contributed by atoms with van der Waals surface area (Å²) in [4.78, 5) is 23.3. The number of amides is 1. The van der Waals surface area contributed by atoms with Crippen LogP contribution in [-0.2, 0) is 9.53 Å². The fraction of sp³-hybridized carbons (Fsp3) is 0.450. The smallest absolute Gasteiger partial charge is 0.225 e. The van der Waals surface area contributed by atoms with Gasteiger partial charge in [0.15, 0.2) is 0 Å². The molecule has 1 aliphatic rings. The molecule has 3 rings (SSSR count). The van der Waals surface area contributed by atoms with Crippen LogP contribution in [0.2, 0.25) is 0 Å². The predicted molar refractivity (Wildman–Crippen MR) is 102 cm³/mol. The number of carbonyl (C=O) groups is 1. The molecule has 2 aromatic rings. The van der Waals surface area contributed by atoms with E-state index in [2.05, 4.69) is 20.2 Å². The lowest BCUT2D eigenvalue weighted by Crippen LogP contribution is -2.44. The van der Waals surface area contributed by atoms with E-state index in [9.17, 15) is 9.18 Å². The van der Waals surface area contributed by atoms with E-state index in [1.54, 1.807) is 31.6 Å². The number of methoxy groups -OCH3 is 1. The second-order valence-corrected chi connectivity index (χ2v) is 6.70. The van der Waals surface area contributed by atoms with E-state index in [4.69, 9.17) is 4.74 Å². The molecule has 0 aliphatic carbocycles. The molecule has 1 fully saturated rings. The Morgan fingerprint density at radius 2 is 2.00 bits per heavy atom. The number of carbonyl (C=O) groups excluding carboxylic acids is 1. The highest BCUT2D eigenvalue weighted by atomic mass is 19.1. The molecule has 144 valence electrons. The van der Waals surface area contributed by atoms with Crippen LogP contribution in [0.4, 0.5) is 10.3 Å². The Morgan fingerprint density at radius 3 is 2.70 bits per heavy atom. The van der Waals surface area contributed by atoms with Crippen molar-refractivity contribution in [3.63, 3.8) is 0 Å². The van der Waals surface area contributed by atoms with Gasteiger partial charge in [-0.15, -0.1) is 0 Å². The topological polar surface area (TPSA) is 67.3 Å². The molecular weight excluding hydrogens is 347 g/mol. The third kappa shape index (κ3) is 5.23. The predicted octanol–water partition coefficient (Wildman–Crippen LogP) is 2.65. The molecule has 7 heteroatoms. The maximum atomic E-state index is 13.1. The summed E-state index contributed by atoms with van der Waals surface area (Å²) in [6.07, 6.45) is 6.10. The summed E-state index contributed by atoms with van der Waals surface area (Å²) in [5.74, 6) is 0.384. The summed E-state index contributed by atoms with van der Waals surface area (Å²) in [6.45, 7) is 2.73. The van der Waals surface area contributed by atoms with E-state index in [1.165, 1.54) is 12.1 Å². The third-order valence-electron chi connectivity index (χ3n) is 4.72. The summed E-state index contributed by atoms with van der Waals surface area (Å²) < 4.78 is 18.0. The number of anilines is 1. The minimum atomic E-state index is -0.267. The Balaban J connectivity index is 1.59. The van der Waals surface area contributed by atoms with Crippen LogP contribution in [-0.4, -0.2) is 49.2 Å². The highest BCUT2D eigenvalue weighted by Gasteiger charge is 2.26. The van der Waals surface area contributed by atoms with Crippen molar-refractivity contribution in [2.24, 2.45) is 5.92 Å². The molecule has 1 amide bonds. The van der Waals surface area contributed by atoms with Gasteiger partial charge in [-0.05, 0) is 37.0 Å².